The van der Waals surface area contributed by atoms with Crippen molar-refractivity contribution in [1.82, 2.24) is 4.98 Å². The lowest BCUT2D eigenvalue weighted by Gasteiger charge is -2.31. The molecule has 8 heteroatoms. The van der Waals surface area contributed by atoms with Crippen LogP contribution < -0.4 is 15.8 Å². The maximum absolute atomic E-state index is 12.6. The lowest BCUT2D eigenvalue weighted by Crippen LogP contribution is -2.38. The standard InChI is InChI=1S/C20H27N3O4S/c1-6-27-18(25)10-9-17(24)21-14-7-8-16-15(11-14)19(26)22-20(28-16)23(12(2)3)13(4)5/h7-8,11-13H,6,9-10H2,1-5H3,(H,21,24). The van der Waals surface area contributed by atoms with Gasteiger partial charge in [-0.1, -0.05) is 11.3 Å². The van der Waals surface area contributed by atoms with Crippen molar-refractivity contribution in [3.05, 3.63) is 28.6 Å². The van der Waals surface area contributed by atoms with E-state index in [1.54, 1.807) is 19.1 Å². The van der Waals surface area contributed by atoms with Crippen molar-refractivity contribution in [3.8, 4) is 0 Å². The van der Waals surface area contributed by atoms with E-state index in [0.717, 1.165) is 4.70 Å². The van der Waals surface area contributed by atoms with Gasteiger partial charge in [-0.3, -0.25) is 14.4 Å². The highest BCUT2D eigenvalue weighted by Gasteiger charge is 2.18. The Morgan fingerprint density at radius 2 is 1.86 bits per heavy atom. The summed E-state index contributed by atoms with van der Waals surface area (Å²) in [7, 11) is 0. The highest BCUT2D eigenvalue weighted by molar-refractivity contribution is 7.21. The Kier molecular flexibility index (Phi) is 7.51. The van der Waals surface area contributed by atoms with E-state index < -0.39 is 5.97 Å². The summed E-state index contributed by atoms with van der Waals surface area (Å²) in [6, 6.07) is 5.63. The first kappa shape index (κ1) is 21.8. The quantitative estimate of drug-likeness (QED) is 0.676. The Labute approximate surface area is 168 Å². The van der Waals surface area contributed by atoms with Crippen molar-refractivity contribution in [2.45, 2.75) is 59.5 Å². The molecule has 0 spiro atoms. The SMILES string of the molecule is CCOC(=O)CCC(=O)Nc1ccc2sc(N(C(C)C)C(C)C)nc(=O)c2c1. The van der Waals surface area contributed by atoms with Crippen LogP contribution in [0.5, 0.6) is 0 Å². The molecule has 2 rings (SSSR count). The molecule has 0 fully saturated rings. The van der Waals surface area contributed by atoms with Crippen molar-refractivity contribution in [1.29, 1.82) is 0 Å². The molecule has 0 aliphatic carbocycles. The number of carbonyl (C=O) groups excluding carboxylic acids is 2. The van der Waals surface area contributed by atoms with Gasteiger partial charge in [0.15, 0.2) is 5.13 Å². The molecule has 0 saturated carbocycles. The lowest BCUT2D eigenvalue weighted by molar-refractivity contribution is -0.144. The van der Waals surface area contributed by atoms with Crippen LogP contribution in [0.4, 0.5) is 10.8 Å². The average Bonchev–Trinajstić information content (AvgIpc) is 2.60. The Morgan fingerprint density at radius 3 is 2.46 bits per heavy atom. The van der Waals surface area contributed by atoms with Gasteiger partial charge < -0.3 is 15.0 Å². The number of amides is 1. The smallest absolute Gasteiger partial charge is 0.306 e. The predicted octanol–water partition coefficient (Wildman–Crippen LogP) is 3.56. The number of hydrogen-bond donors (Lipinski definition) is 1. The van der Waals surface area contributed by atoms with Gasteiger partial charge in [0.2, 0.25) is 5.91 Å². The van der Waals surface area contributed by atoms with Crippen LogP contribution in [0.15, 0.2) is 23.0 Å². The lowest BCUT2D eigenvalue weighted by atomic mass is 10.2. The summed E-state index contributed by atoms with van der Waals surface area (Å²) in [5, 5.41) is 3.86. The molecule has 1 aromatic carbocycles. The summed E-state index contributed by atoms with van der Waals surface area (Å²) in [6.45, 7) is 10.3. The van der Waals surface area contributed by atoms with Gasteiger partial charge in [0.1, 0.15) is 0 Å². The molecule has 0 atom stereocenters. The van der Waals surface area contributed by atoms with Gasteiger partial charge in [-0.25, -0.2) is 0 Å². The van der Waals surface area contributed by atoms with E-state index in [0.29, 0.717) is 22.8 Å². The fourth-order valence-electron chi connectivity index (χ4n) is 2.95. The molecule has 1 aromatic heterocycles. The van der Waals surface area contributed by atoms with Crippen molar-refractivity contribution in [3.63, 3.8) is 0 Å². The topological polar surface area (TPSA) is 88.6 Å². The molecule has 0 radical (unpaired) electrons. The van der Waals surface area contributed by atoms with Gasteiger partial charge in [0.25, 0.3) is 5.56 Å². The third-order valence-corrected chi connectivity index (χ3v) is 5.15. The zero-order valence-corrected chi connectivity index (χ0v) is 17.8. The van der Waals surface area contributed by atoms with Crippen molar-refractivity contribution in [2.24, 2.45) is 0 Å². The molecular weight excluding hydrogens is 378 g/mol. The molecule has 0 aliphatic heterocycles. The number of rotatable bonds is 8. The summed E-state index contributed by atoms with van der Waals surface area (Å²) in [6.07, 6.45) is 0.0476. The molecule has 7 nitrogen and oxygen atoms in total. The number of hydrogen-bond acceptors (Lipinski definition) is 7. The van der Waals surface area contributed by atoms with Crippen molar-refractivity contribution in [2.75, 3.05) is 16.8 Å². The van der Waals surface area contributed by atoms with Crippen LogP contribution in [0, 0.1) is 0 Å². The number of esters is 1. The van der Waals surface area contributed by atoms with Crippen molar-refractivity contribution < 1.29 is 14.3 Å². The number of anilines is 2. The number of fused-ring (bicyclic) bond motifs is 1. The average molecular weight is 406 g/mol. The normalized spacial score (nSPS) is 11.1. The van der Waals surface area contributed by atoms with Crippen molar-refractivity contribution >= 4 is 44.1 Å². The second kappa shape index (κ2) is 9.64. The summed E-state index contributed by atoms with van der Waals surface area (Å²) in [4.78, 5) is 42.3. The van der Waals surface area contributed by atoms with Gasteiger partial charge in [-0.05, 0) is 52.8 Å². The fraction of sp³-hybridized carbons (Fsp3) is 0.500. The highest BCUT2D eigenvalue weighted by Crippen LogP contribution is 2.28. The first-order valence-electron chi connectivity index (χ1n) is 9.41. The third kappa shape index (κ3) is 5.51. The van der Waals surface area contributed by atoms with Crippen LogP contribution in [0.2, 0.25) is 0 Å². The van der Waals surface area contributed by atoms with Gasteiger partial charge in [0, 0.05) is 28.9 Å². The van der Waals surface area contributed by atoms with Gasteiger partial charge in [0.05, 0.1) is 18.4 Å². The first-order chi connectivity index (χ1) is 13.2. The molecule has 1 heterocycles. The third-order valence-electron chi connectivity index (χ3n) is 4.09. The van der Waals surface area contributed by atoms with Crippen LogP contribution in [0.1, 0.15) is 47.5 Å². The summed E-state index contributed by atoms with van der Waals surface area (Å²) < 4.78 is 5.62. The van der Waals surface area contributed by atoms with Crippen LogP contribution in [0.3, 0.4) is 0 Å². The van der Waals surface area contributed by atoms with Gasteiger partial charge in [-0.15, -0.1) is 0 Å². The second-order valence-electron chi connectivity index (χ2n) is 6.96. The Bertz CT molecular complexity index is 900. The Hall–Kier alpha value is -2.48. The van der Waals surface area contributed by atoms with E-state index in [9.17, 15) is 14.4 Å². The van der Waals surface area contributed by atoms with E-state index in [1.165, 1.54) is 11.3 Å². The highest BCUT2D eigenvalue weighted by atomic mass is 32.1. The maximum Gasteiger partial charge on any atom is 0.306 e. The number of ether oxygens (including phenoxy) is 1. The van der Waals surface area contributed by atoms with Gasteiger partial charge in [-0.2, -0.15) is 4.98 Å². The zero-order valence-electron chi connectivity index (χ0n) is 16.9. The molecular formula is C20H27N3O4S. The maximum atomic E-state index is 12.6. The van der Waals surface area contributed by atoms with E-state index in [1.807, 2.05) is 6.07 Å². The van der Waals surface area contributed by atoms with Crippen LogP contribution in [-0.2, 0) is 14.3 Å². The number of benzene rings is 1. The monoisotopic (exact) mass is 405 g/mol. The Morgan fingerprint density at radius 1 is 1.18 bits per heavy atom. The number of nitrogens with one attached hydrogen (secondary N) is 1. The Balaban J connectivity index is 2.21. The first-order valence-corrected chi connectivity index (χ1v) is 10.2. The predicted molar refractivity (Wildman–Crippen MR) is 113 cm³/mol. The van der Waals surface area contributed by atoms with E-state index >= 15 is 0 Å². The largest absolute Gasteiger partial charge is 0.466 e. The van der Waals surface area contributed by atoms with Crippen LogP contribution in [0.25, 0.3) is 10.1 Å². The van der Waals surface area contributed by atoms with Gasteiger partial charge >= 0.3 is 5.97 Å². The second-order valence-corrected chi connectivity index (χ2v) is 7.97. The molecule has 28 heavy (non-hydrogen) atoms. The molecule has 1 amide bonds. The number of carbonyl (C=O) groups is 2. The number of aromatic nitrogens is 1. The van der Waals surface area contributed by atoms with E-state index in [4.69, 9.17) is 4.74 Å². The molecule has 152 valence electrons. The summed E-state index contributed by atoms with van der Waals surface area (Å²) in [5.74, 6) is -0.713. The summed E-state index contributed by atoms with van der Waals surface area (Å²) in [5.41, 5.74) is 0.183. The molecule has 1 N–H and O–H groups in total. The minimum Gasteiger partial charge on any atom is -0.466 e. The molecule has 0 aliphatic rings. The molecule has 0 unspecified atom stereocenters. The molecule has 0 bridgehead atoms. The fourth-order valence-corrected chi connectivity index (χ4v) is 4.20. The minimum absolute atomic E-state index is 0.0211. The van der Waals surface area contributed by atoms with Crippen LogP contribution >= 0.6 is 11.3 Å². The summed E-state index contributed by atoms with van der Waals surface area (Å²) >= 11 is 1.45. The van der Waals surface area contributed by atoms with E-state index in [-0.39, 0.29) is 36.4 Å². The van der Waals surface area contributed by atoms with E-state index in [2.05, 4.69) is 42.9 Å². The minimum atomic E-state index is -0.406. The molecule has 2 aromatic rings. The zero-order chi connectivity index (χ0) is 20.8. The van der Waals surface area contributed by atoms with Crippen LogP contribution in [-0.4, -0.2) is 35.6 Å². The number of nitrogens with zero attached hydrogens (tertiary/aromatic N) is 2. The molecule has 0 saturated heterocycles.